The Balaban J connectivity index is 1.43. The van der Waals surface area contributed by atoms with Gasteiger partial charge in [-0.2, -0.15) is 0 Å². The third-order valence-electron chi connectivity index (χ3n) is 5.38. The van der Waals surface area contributed by atoms with Crippen LogP contribution in [0.1, 0.15) is 15.9 Å². The molecule has 31 heavy (non-hydrogen) atoms. The van der Waals surface area contributed by atoms with E-state index in [1.54, 1.807) is 0 Å². The second kappa shape index (κ2) is 7.92. The van der Waals surface area contributed by atoms with Crippen molar-refractivity contribution in [1.82, 2.24) is 9.38 Å². The molecule has 4 heteroatoms. The van der Waals surface area contributed by atoms with Crippen LogP contribution in [0.25, 0.3) is 28.0 Å². The summed E-state index contributed by atoms with van der Waals surface area (Å²) in [5.74, 6) is -0.146. The van der Waals surface area contributed by atoms with E-state index in [4.69, 9.17) is 4.98 Å². The van der Waals surface area contributed by atoms with E-state index in [0.29, 0.717) is 5.56 Å². The van der Waals surface area contributed by atoms with Crippen LogP contribution in [0.15, 0.2) is 103 Å². The summed E-state index contributed by atoms with van der Waals surface area (Å²) in [4.78, 5) is 17.7. The lowest BCUT2D eigenvalue weighted by molar-refractivity contribution is 0.102. The molecule has 1 amide bonds. The molecule has 2 heterocycles. The first-order chi connectivity index (χ1) is 15.2. The first kappa shape index (κ1) is 18.8. The van der Waals surface area contributed by atoms with Crippen LogP contribution < -0.4 is 5.32 Å². The number of imidazole rings is 1. The van der Waals surface area contributed by atoms with Gasteiger partial charge in [-0.15, -0.1) is 0 Å². The summed E-state index contributed by atoms with van der Waals surface area (Å²) in [5.41, 5.74) is 7.29. The van der Waals surface area contributed by atoms with E-state index in [-0.39, 0.29) is 5.91 Å². The summed E-state index contributed by atoms with van der Waals surface area (Å²) in [5, 5.41) is 3.06. The average molecular weight is 403 g/mol. The van der Waals surface area contributed by atoms with Gasteiger partial charge < -0.3 is 9.72 Å². The van der Waals surface area contributed by atoms with Crippen LogP contribution in [0.5, 0.6) is 0 Å². The first-order valence-electron chi connectivity index (χ1n) is 10.2. The van der Waals surface area contributed by atoms with Crippen LogP contribution in [0.3, 0.4) is 0 Å². The molecule has 0 atom stereocenters. The molecule has 5 rings (SSSR count). The SMILES string of the molecule is Cc1cccn2cc(-c3ccccc3NC(=O)c3ccc(-c4ccccc4)cc3)nc12. The molecule has 0 aliphatic rings. The van der Waals surface area contributed by atoms with E-state index in [1.807, 2.05) is 103 Å². The molecule has 4 nitrogen and oxygen atoms in total. The number of para-hydroxylation sites is 1. The molecule has 2 aromatic heterocycles. The summed E-state index contributed by atoms with van der Waals surface area (Å²) in [6.07, 6.45) is 3.97. The fourth-order valence-electron chi connectivity index (χ4n) is 3.74. The second-order valence-corrected chi connectivity index (χ2v) is 7.49. The molecule has 0 unspecified atom stereocenters. The highest BCUT2D eigenvalue weighted by atomic mass is 16.1. The van der Waals surface area contributed by atoms with Crippen LogP contribution in [-0.2, 0) is 0 Å². The van der Waals surface area contributed by atoms with Gasteiger partial charge in [0.25, 0.3) is 5.91 Å². The molecule has 150 valence electrons. The molecule has 5 aromatic rings. The molecule has 0 aliphatic carbocycles. The Morgan fingerprint density at radius 1 is 0.806 bits per heavy atom. The predicted octanol–water partition coefficient (Wildman–Crippen LogP) is 6.23. The lowest BCUT2D eigenvalue weighted by atomic mass is 10.0. The lowest BCUT2D eigenvalue weighted by Gasteiger charge is -2.10. The number of benzene rings is 3. The summed E-state index contributed by atoms with van der Waals surface area (Å²) in [7, 11) is 0. The number of carbonyl (C=O) groups excluding carboxylic acids is 1. The quantitative estimate of drug-likeness (QED) is 0.387. The number of carbonyl (C=O) groups is 1. The number of pyridine rings is 1. The number of nitrogens with zero attached hydrogens (tertiary/aromatic N) is 2. The van der Waals surface area contributed by atoms with E-state index < -0.39 is 0 Å². The lowest BCUT2D eigenvalue weighted by Crippen LogP contribution is -2.12. The average Bonchev–Trinajstić information content (AvgIpc) is 3.26. The number of fused-ring (bicyclic) bond motifs is 1. The van der Waals surface area contributed by atoms with E-state index in [9.17, 15) is 4.79 Å². The highest BCUT2D eigenvalue weighted by Crippen LogP contribution is 2.28. The number of nitrogens with one attached hydrogen (secondary N) is 1. The number of hydrogen-bond donors (Lipinski definition) is 1. The Bertz CT molecular complexity index is 1370. The van der Waals surface area contributed by atoms with Crippen molar-refractivity contribution in [3.05, 3.63) is 115 Å². The summed E-state index contributed by atoms with van der Waals surface area (Å²) in [6.45, 7) is 2.04. The second-order valence-electron chi connectivity index (χ2n) is 7.49. The highest BCUT2D eigenvalue weighted by molar-refractivity contribution is 6.06. The maximum atomic E-state index is 12.9. The Morgan fingerprint density at radius 3 is 2.29 bits per heavy atom. The van der Waals surface area contributed by atoms with Gasteiger partial charge in [-0.1, -0.05) is 66.7 Å². The third-order valence-corrected chi connectivity index (χ3v) is 5.38. The standard InChI is InChI=1S/C27H21N3O/c1-19-8-7-17-30-18-25(28-26(19)30)23-11-5-6-12-24(23)29-27(31)22-15-13-21(14-16-22)20-9-3-2-4-10-20/h2-18H,1H3,(H,29,31). The van der Waals surface area contributed by atoms with Gasteiger partial charge in [0, 0.05) is 23.5 Å². The van der Waals surface area contributed by atoms with Crippen LogP contribution in [0.4, 0.5) is 5.69 Å². The summed E-state index contributed by atoms with van der Waals surface area (Å²) >= 11 is 0. The normalized spacial score (nSPS) is 10.9. The van der Waals surface area contributed by atoms with Gasteiger partial charge in [-0.25, -0.2) is 4.98 Å². The smallest absolute Gasteiger partial charge is 0.255 e. The van der Waals surface area contributed by atoms with E-state index >= 15 is 0 Å². The van der Waals surface area contributed by atoms with Gasteiger partial charge in [0.1, 0.15) is 5.65 Å². The van der Waals surface area contributed by atoms with Crippen molar-refractivity contribution >= 4 is 17.2 Å². The minimum Gasteiger partial charge on any atom is -0.321 e. The Hall–Kier alpha value is -4.18. The number of rotatable bonds is 4. The molecule has 1 N–H and O–H groups in total. The van der Waals surface area contributed by atoms with Crippen molar-refractivity contribution in [1.29, 1.82) is 0 Å². The zero-order valence-electron chi connectivity index (χ0n) is 17.1. The fourth-order valence-corrected chi connectivity index (χ4v) is 3.74. The molecule has 0 saturated heterocycles. The number of aryl methyl sites for hydroxylation is 1. The zero-order valence-corrected chi connectivity index (χ0v) is 17.1. The van der Waals surface area contributed by atoms with Crippen LogP contribution in [0, 0.1) is 6.92 Å². The number of aromatic nitrogens is 2. The topological polar surface area (TPSA) is 46.4 Å². The van der Waals surface area contributed by atoms with Gasteiger partial charge in [0.05, 0.1) is 11.4 Å². The minimum absolute atomic E-state index is 0.146. The zero-order chi connectivity index (χ0) is 21.2. The van der Waals surface area contributed by atoms with Gasteiger partial charge in [-0.05, 0) is 47.9 Å². The molecular weight excluding hydrogens is 382 g/mol. The van der Waals surface area contributed by atoms with E-state index in [0.717, 1.165) is 39.3 Å². The van der Waals surface area contributed by atoms with Crippen molar-refractivity contribution in [2.45, 2.75) is 6.92 Å². The van der Waals surface area contributed by atoms with E-state index in [1.165, 1.54) is 0 Å². The largest absolute Gasteiger partial charge is 0.321 e. The van der Waals surface area contributed by atoms with Gasteiger partial charge >= 0.3 is 0 Å². The van der Waals surface area contributed by atoms with Gasteiger partial charge in [0.15, 0.2) is 0 Å². The van der Waals surface area contributed by atoms with Crippen molar-refractivity contribution in [3.63, 3.8) is 0 Å². The number of anilines is 1. The molecule has 0 fully saturated rings. The Labute approximate surface area is 180 Å². The summed E-state index contributed by atoms with van der Waals surface area (Å²) in [6, 6.07) is 29.6. The van der Waals surface area contributed by atoms with Crippen molar-refractivity contribution in [2.24, 2.45) is 0 Å². The van der Waals surface area contributed by atoms with Crippen molar-refractivity contribution in [3.8, 4) is 22.4 Å². The van der Waals surface area contributed by atoms with Crippen molar-refractivity contribution in [2.75, 3.05) is 5.32 Å². The minimum atomic E-state index is -0.146. The molecule has 0 bridgehead atoms. The van der Waals surface area contributed by atoms with Crippen LogP contribution in [-0.4, -0.2) is 15.3 Å². The fraction of sp³-hybridized carbons (Fsp3) is 0.0370. The molecule has 0 saturated carbocycles. The molecule has 0 aliphatic heterocycles. The highest BCUT2D eigenvalue weighted by Gasteiger charge is 2.13. The maximum Gasteiger partial charge on any atom is 0.255 e. The first-order valence-corrected chi connectivity index (χ1v) is 10.2. The molecular formula is C27H21N3O. The molecule has 3 aromatic carbocycles. The van der Waals surface area contributed by atoms with Crippen LogP contribution >= 0.6 is 0 Å². The van der Waals surface area contributed by atoms with Gasteiger partial charge in [0.2, 0.25) is 0 Å². The summed E-state index contributed by atoms with van der Waals surface area (Å²) < 4.78 is 2.01. The predicted molar refractivity (Wildman–Crippen MR) is 125 cm³/mol. The Kier molecular flexibility index (Phi) is 4.81. The molecule has 0 radical (unpaired) electrons. The molecule has 0 spiro atoms. The third kappa shape index (κ3) is 3.71. The van der Waals surface area contributed by atoms with Crippen LogP contribution in [0.2, 0.25) is 0 Å². The number of amides is 1. The monoisotopic (exact) mass is 403 g/mol. The number of hydrogen-bond acceptors (Lipinski definition) is 2. The maximum absolute atomic E-state index is 12.9. The van der Waals surface area contributed by atoms with Gasteiger partial charge in [-0.3, -0.25) is 4.79 Å². The van der Waals surface area contributed by atoms with Crippen molar-refractivity contribution < 1.29 is 4.79 Å². The Morgan fingerprint density at radius 2 is 1.52 bits per heavy atom. The van der Waals surface area contributed by atoms with E-state index in [2.05, 4.69) is 17.4 Å².